The van der Waals surface area contributed by atoms with Gasteiger partial charge in [0.2, 0.25) is 0 Å². The highest BCUT2D eigenvalue weighted by Crippen LogP contribution is 2.40. The van der Waals surface area contributed by atoms with E-state index >= 15 is 0 Å². The van der Waals surface area contributed by atoms with E-state index in [1.54, 1.807) is 6.92 Å². The van der Waals surface area contributed by atoms with Gasteiger partial charge >= 0.3 is 11.9 Å². The minimum Gasteiger partial charge on any atom is -0.462 e. The number of ether oxygens (including phenoxy) is 2. The fourth-order valence-corrected chi connectivity index (χ4v) is 5.94. The molecule has 0 fully saturated rings. The second kappa shape index (κ2) is 11.0. The molecule has 2 aromatic rings. The monoisotopic (exact) mass is 480 g/mol. The number of rotatable bonds is 9. The Kier molecular flexibility index (Phi) is 8.36. The van der Waals surface area contributed by atoms with Crippen molar-refractivity contribution in [2.45, 2.75) is 52.7 Å². The number of carbonyl (C=O) groups is 3. The molecule has 0 saturated carbocycles. The molecular formula is C22H28N2O6S2. The third-order valence-electron chi connectivity index (χ3n) is 5.26. The molecule has 3 rings (SSSR count). The summed E-state index contributed by atoms with van der Waals surface area (Å²) in [5, 5.41) is 7.10. The Labute approximate surface area is 195 Å². The summed E-state index contributed by atoms with van der Waals surface area (Å²) in [5.74, 6) is 0.550. The summed E-state index contributed by atoms with van der Waals surface area (Å²) in [6, 6.07) is 0. The van der Waals surface area contributed by atoms with Gasteiger partial charge in [-0.1, -0.05) is 12.1 Å². The topological polar surface area (TPSA) is 108 Å². The highest BCUT2D eigenvalue weighted by atomic mass is 32.2. The highest BCUT2D eigenvalue weighted by Gasteiger charge is 2.29. The van der Waals surface area contributed by atoms with Gasteiger partial charge in [-0.2, -0.15) is 0 Å². The molecule has 0 radical (unpaired) electrons. The molecule has 0 saturated heterocycles. The molecule has 2 heterocycles. The number of anilines is 1. The standard InChI is InChI=1S/C22H28N2O6S2/c1-5-28-22(27)20-15-7-6-12(2)8-17(15)32-21(20)23-18(25)9-29-19(26)11-31-10-16-13(3)24-30-14(16)4/h12H,5-11H2,1-4H3,(H,23,25). The Morgan fingerprint density at radius 2 is 2.06 bits per heavy atom. The second-order valence-electron chi connectivity index (χ2n) is 7.78. The van der Waals surface area contributed by atoms with Gasteiger partial charge in [-0.3, -0.25) is 9.59 Å². The lowest BCUT2D eigenvalue weighted by Crippen LogP contribution is -2.22. The maximum Gasteiger partial charge on any atom is 0.341 e. The first-order valence-electron chi connectivity index (χ1n) is 10.6. The zero-order chi connectivity index (χ0) is 23.3. The first kappa shape index (κ1) is 24.3. The molecule has 0 spiro atoms. The number of hydrogen-bond donors (Lipinski definition) is 1. The third kappa shape index (κ3) is 5.92. The minimum atomic E-state index is -0.484. The predicted molar refractivity (Wildman–Crippen MR) is 123 cm³/mol. The normalized spacial score (nSPS) is 15.2. The van der Waals surface area contributed by atoms with Gasteiger partial charge in [0.25, 0.3) is 5.91 Å². The van der Waals surface area contributed by atoms with Gasteiger partial charge in [0.15, 0.2) is 6.61 Å². The molecule has 0 bridgehead atoms. The smallest absolute Gasteiger partial charge is 0.341 e. The average Bonchev–Trinajstić information content (AvgIpc) is 3.25. The van der Waals surface area contributed by atoms with Crippen LogP contribution in [0.3, 0.4) is 0 Å². The van der Waals surface area contributed by atoms with Crippen LogP contribution in [0, 0.1) is 19.8 Å². The van der Waals surface area contributed by atoms with E-state index in [0.29, 0.717) is 22.2 Å². The Balaban J connectivity index is 1.54. The average molecular weight is 481 g/mol. The van der Waals surface area contributed by atoms with Crippen LogP contribution >= 0.6 is 23.1 Å². The largest absolute Gasteiger partial charge is 0.462 e. The number of esters is 2. The molecule has 2 aromatic heterocycles. The van der Waals surface area contributed by atoms with E-state index in [4.69, 9.17) is 14.0 Å². The van der Waals surface area contributed by atoms with E-state index in [1.807, 2.05) is 13.8 Å². The van der Waals surface area contributed by atoms with Gasteiger partial charge in [-0.15, -0.1) is 23.1 Å². The van der Waals surface area contributed by atoms with Crippen LogP contribution in [0.2, 0.25) is 0 Å². The number of amides is 1. The molecule has 174 valence electrons. The summed E-state index contributed by atoms with van der Waals surface area (Å²) in [6.07, 6.45) is 2.65. The van der Waals surface area contributed by atoms with Crippen molar-refractivity contribution in [3.8, 4) is 0 Å². The fourth-order valence-electron chi connectivity index (χ4n) is 3.55. The van der Waals surface area contributed by atoms with E-state index in [2.05, 4.69) is 17.4 Å². The molecule has 1 N–H and O–H groups in total. The first-order valence-corrected chi connectivity index (χ1v) is 12.5. The van der Waals surface area contributed by atoms with Crippen LogP contribution < -0.4 is 5.32 Å². The molecule has 10 heteroatoms. The minimum absolute atomic E-state index is 0.108. The Hall–Kier alpha value is -2.33. The number of thioether (sulfide) groups is 1. The van der Waals surface area contributed by atoms with Gasteiger partial charge < -0.3 is 19.3 Å². The molecule has 1 unspecified atom stereocenters. The molecule has 1 aliphatic rings. The van der Waals surface area contributed by atoms with Crippen molar-refractivity contribution in [1.29, 1.82) is 0 Å². The summed E-state index contributed by atoms with van der Waals surface area (Å²) in [6.45, 7) is 7.45. The number of aromatic nitrogens is 1. The van der Waals surface area contributed by atoms with Crippen molar-refractivity contribution < 1.29 is 28.4 Å². The summed E-state index contributed by atoms with van der Waals surface area (Å²) >= 11 is 2.77. The molecule has 0 aromatic carbocycles. The number of hydrogen-bond acceptors (Lipinski definition) is 9. The van der Waals surface area contributed by atoms with Gasteiger partial charge in [0, 0.05) is 16.2 Å². The van der Waals surface area contributed by atoms with Gasteiger partial charge in [0.05, 0.1) is 23.6 Å². The van der Waals surface area contributed by atoms with Crippen molar-refractivity contribution in [3.05, 3.63) is 33.0 Å². The van der Waals surface area contributed by atoms with Crippen molar-refractivity contribution in [1.82, 2.24) is 5.16 Å². The number of aryl methyl sites for hydroxylation is 2. The number of carbonyl (C=O) groups excluding carboxylic acids is 3. The van der Waals surface area contributed by atoms with E-state index in [9.17, 15) is 14.4 Å². The number of nitrogens with one attached hydrogen (secondary N) is 1. The lowest BCUT2D eigenvalue weighted by atomic mass is 9.88. The van der Waals surface area contributed by atoms with Crippen molar-refractivity contribution >= 4 is 45.9 Å². The quantitative estimate of drug-likeness (QED) is 0.535. The Bertz CT molecular complexity index is 977. The van der Waals surface area contributed by atoms with Crippen LogP contribution in [0.1, 0.15) is 58.1 Å². The van der Waals surface area contributed by atoms with Crippen molar-refractivity contribution in [3.63, 3.8) is 0 Å². The SMILES string of the molecule is CCOC(=O)c1c(NC(=O)COC(=O)CSCc2c(C)noc2C)sc2c1CCC(C)C2. The second-order valence-corrected chi connectivity index (χ2v) is 9.87. The number of fused-ring (bicyclic) bond motifs is 1. The van der Waals surface area contributed by atoms with Crippen LogP contribution in [0.5, 0.6) is 0 Å². The van der Waals surface area contributed by atoms with Crippen LogP contribution in [0.15, 0.2) is 4.52 Å². The lowest BCUT2D eigenvalue weighted by molar-refractivity contribution is -0.144. The first-order chi connectivity index (χ1) is 15.3. The molecule has 0 aliphatic heterocycles. The molecule has 1 atom stereocenters. The summed E-state index contributed by atoms with van der Waals surface area (Å²) in [4.78, 5) is 38.1. The zero-order valence-electron chi connectivity index (χ0n) is 18.7. The van der Waals surface area contributed by atoms with E-state index in [1.165, 1.54) is 23.1 Å². The van der Waals surface area contributed by atoms with Gasteiger partial charge in [-0.05, 0) is 51.5 Å². The van der Waals surface area contributed by atoms with Crippen LogP contribution in [0.25, 0.3) is 0 Å². The van der Waals surface area contributed by atoms with E-state index < -0.39 is 24.5 Å². The Morgan fingerprint density at radius 3 is 2.75 bits per heavy atom. The maximum atomic E-state index is 12.5. The predicted octanol–water partition coefficient (Wildman–Crippen LogP) is 4.07. The molecule has 8 nitrogen and oxygen atoms in total. The molecule has 1 aliphatic carbocycles. The van der Waals surface area contributed by atoms with Crippen LogP contribution in [-0.4, -0.2) is 42.0 Å². The summed E-state index contributed by atoms with van der Waals surface area (Å²) in [5.41, 5.74) is 3.17. The molecule has 32 heavy (non-hydrogen) atoms. The van der Waals surface area contributed by atoms with Crippen molar-refractivity contribution in [2.75, 3.05) is 24.3 Å². The third-order valence-corrected chi connectivity index (χ3v) is 7.36. The van der Waals surface area contributed by atoms with Crippen LogP contribution in [0.4, 0.5) is 5.00 Å². The van der Waals surface area contributed by atoms with Gasteiger partial charge in [-0.25, -0.2) is 4.79 Å². The summed E-state index contributed by atoms with van der Waals surface area (Å²) < 4.78 is 15.4. The van der Waals surface area contributed by atoms with E-state index in [-0.39, 0.29) is 12.4 Å². The van der Waals surface area contributed by atoms with Crippen LogP contribution in [-0.2, 0) is 37.7 Å². The zero-order valence-corrected chi connectivity index (χ0v) is 20.4. The van der Waals surface area contributed by atoms with Gasteiger partial charge in [0.1, 0.15) is 10.8 Å². The number of nitrogens with zero attached hydrogens (tertiary/aromatic N) is 1. The Morgan fingerprint density at radius 1 is 1.28 bits per heavy atom. The summed E-state index contributed by atoms with van der Waals surface area (Å²) in [7, 11) is 0. The highest BCUT2D eigenvalue weighted by molar-refractivity contribution is 7.99. The van der Waals surface area contributed by atoms with E-state index in [0.717, 1.165) is 46.7 Å². The fraction of sp³-hybridized carbons (Fsp3) is 0.545. The lowest BCUT2D eigenvalue weighted by Gasteiger charge is -2.18. The molecule has 1 amide bonds. The molecular weight excluding hydrogens is 452 g/mol. The number of thiophene rings is 1. The van der Waals surface area contributed by atoms with Crippen molar-refractivity contribution in [2.24, 2.45) is 5.92 Å². The maximum absolute atomic E-state index is 12.5.